The van der Waals surface area contributed by atoms with Crippen molar-refractivity contribution in [1.29, 1.82) is 0 Å². The van der Waals surface area contributed by atoms with E-state index in [4.69, 9.17) is 0 Å². The number of aromatic hydroxyl groups is 1. The van der Waals surface area contributed by atoms with Gasteiger partial charge in [-0.15, -0.1) is 0 Å². The molecule has 0 aliphatic heterocycles. The Bertz CT molecular complexity index is 462. The van der Waals surface area contributed by atoms with E-state index >= 15 is 0 Å². The maximum atomic E-state index is 10.6. The molecule has 2 rings (SSSR count). The van der Waals surface area contributed by atoms with Gasteiger partial charge in [-0.05, 0) is 12.1 Å². The molecule has 4 nitrogen and oxygen atoms in total. The molecule has 0 aliphatic carbocycles. The van der Waals surface area contributed by atoms with Gasteiger partial charge in [0.1, 0.15) is 17.7 Å². The predicted octanol–water partition coefficient (Wildman–Crippen LogP) is 1.86. The van der Waals surface area contributed by atoms with Crippen molar-refractivity contribution in [1.82, 2.24) is 5.16 Å². The average Bonchev–Trinajstić information content (AvgIpc) is 2.65. The zero-order valence-corrected chi connectivity index (χ0v) is 7.18. The molecule has 0 aliphatic rings. The van der Waals surface area contributed by atoms with Crippen LogP contribution in [-0.2, 0) is 0 Å². The Balaban J connectivity index is 2.54. The Hall–Kier alpha value is -2.10. The number of hydrogen-bond donors (Lipinski definition) is 1. The first kappa shape index (κ1) is 8.50. The molecule has 1 aromatic carbocycles. The van der Waals surface area contributed by atoms with Crippen LogP contribution in [0.3, 0.4) is 0 Å². The van der Waals surface area contributed by atoms with E-state index in [1.807, 2.05) is 0 Å². The Morgan fingerprint density at radius 1 is 1.43 bits per heavy atom. The van der Waals surface area contributed by atoms with Crippen LogP contribution in [-0.4, -0.2) is 16.5 Å². The Morgan fingerprint density at radius 2 is 2.29 bits per heavy atom. The number of hydrogen-bond acceptors (Lipinski definition) is 4. The SMILES string of the molecule is O=Cc1conc1-c1cccc(O)c1. The summed E-state index contributed by atoms with van der Waals surface area (Å²) in [5.74, 6) is 0.127. The summed E-state index contributed by atoms with van der Waals surface area (Å²) in [6.45, 7) is 0. The average molecular weight is 189 g/mol. The van der Waals surface area contributed by atoms with Crippen molar-refractivity contribution < 1.29 is 14.4 Å². The number of carbonyl (C=O) groups excluding carboxylic acids is 1. The van der Waals surface area contributed by atoms with Gasteiger partial charge in [-0.3, -0.25) is 4.79 Å². The molecule has 0 fully saturated rings. The van der Waals surface area contributed by atoms with Gasteiger partial charge in [0.15, 0.2) is 6.29 Å². The van der Waals surface area contributed by atoms with Gasteiger partial charge in [-0.25, -0.2) is 0 Å². The van der Waals surface area contributed by atoms with Crippen LogP contribution >= 0.6 is 0 Å². The summed E-state index contributed by atoms with van der Waals surface area (Å²) in [7, 11) is 0. The number of rotatable bonds is 2. The van der Waals surface area contributed by atoms with Gasteiger partial charge in [-0.2, -0.15) is 0 Å². The third kappa shape index (κ3) is 1.37. The van der Waals surface area contributed by atoms with Crippen molar-refractivity contribution in [3.8, 4) is 17.0 Å². The molecule has 2 aromatic rings. The summed E-state index contributed by atoms with van der Waals surface area (Å²) >= 11 is 0. The molecule has 14 heavy (non-hydrogen) atoms. The van der Waals surface area contributed by atoms with E-state index in [0.717, 1.165) is 0 Å². The van der Waals surface area contributed by atoms with Gasteiger partial charge in [0, 0.05) is 5.56 Å². The summed E-state index contributed by atoms with van der Waals surface area (Å²) in [6, 6.07) is 6.48. The van der Waals surface area contributed by atoms with Gasteiger partial charge in [0.25, 0.3) is 0 Å². The fourth-order valence-electron chi connectivity index (χ4n) is 1.20. The molecule has 1 heterocycles. The Labute approximate surface area is 79.8 Å². The van der Waals surface area contributed by atoms with Crippen molar-refractivity contribution in [2.45, 2.75) is 0 Å². The molecule has 70 valence electrons. The number of carbonyl (C=O) groups is 1. The lowest BCUT2D eigenvalue weighted by Crippen LogP contribution is -1.83. The van der Waals surface area contributed by atoms with Crippen LogP contribution in [0, 0.1) is 0 Å². The van der Waals surface area contributed by atoms with E-state index in [1.165, 1.54) is 12.3 Å². The van der Waals surface area contributed by atoms with Crippen LogP contribution in [0.5, 0.6) is 5.75 Å². The molecule has 0 saturated carbocycles. The lowest BCUT2D eigenvalue weighted by Gasteiger charge is -1.96. The maximum absolute atomic E-state index is 10.6. The highest BCUT2D eigenvalue weighted by Crippen LogP contribution is 2.23. The molecule has 0 amide bonds. The van der Waals surface area contributed by atoms with Crippen LogP contribution < -0.4 is 0 Å². The van der Waals surface area contributed by atoms with Crippen molar-refractivity contribution in [3.63, 3.8) is 0 Å². The maximum Gasteiger partial charge on any atom is 0.155 e. The summed E-state index contributed by atoms with van der Waals surface area (Å²) in [5.41, 5.74) is 1.47. The summed E-state index contributed by atoms with van der Waals surface area (Å²) in [5, 5.41) is 12.9. The molecule has 0 spiro atoms. The van der Waals surface area contributed by atoms with E-state index in [2.05, 4.69) is 9.68 Å². The van der Waals surface area contributed by atoms with Crippen LogP contribution in [0.15, 0.2) is 35.1 Å². The molecule has 0 bridgehead atoms. The van der Waals surface area contributed by atoms with Gasteiger partial charge in [-0.1, -0.05) is 17.3 Å². The predicted molar refractivity (Wildman–Crippen MR) is 49.0 cm³/mol. The fraction of sp³-hybridized carbons (Fsp3) is 0. The van der Waals surface area contributed by atoms with Crippen LogP contribution in [0.1, 0.15) is 10.4 Å². The van der Waals surface area contributed by atoms with Gasteiger partial charge in [0.05, 0.1) is 5.56 Å². The minimum atomic E-state index is 0.127. The monoisotopic (exact) mass is 189 g/mol. The Kier molecular flexibility index (Phi) is 2.02. The summed E-state index contributed by atoms with van der Waals surface area (Å²) < 4.78 is 4.67. The van der Waals surface area contributed by atoms with Crippen molar-refractivity contribution in [2.75, 3.05) is 0 Å². The van der Waals surface area contributed by atoms with Gasteiger partial charge < -0.3 is 9.63 Å². The zero-order valence-electron chi connectivity index (χ0n) is 7.18. The smallest absolute Gasteiger partial charge is 0.155 e. The van der Waals surface area contributed by atoms with Crippen molar-refractivity contribution in [3.05, 3.63) is 36.1 Å². The molecule has 0 saturated heterocycles. The molecule has 1 N–H and O–H groups in total. The first-order valence-electron chi connectivity index (χ1n) is 4.00. The van der Waals surface area contributed by atoms with Crippen LogP contribution in [0.25, 0.3) is 11.3 Å². The number of aldehydes is 1. The van der Waals surface area contributed by atoms with Crippen molar-refractivity contribution >= 4 is 6.29 Å². The third-order valence-corrected chi connectivity index (χ3v) is 1.84. The molecule has 0 unspecified atom stereocenters. The number of benzene rings is 1. The number of aromatic nitrogens is 1. The highest BCUT2D eigenvalue weighted by atomic mass is 16.5. The lowest BCUT2D eigenvalue weighted by molar-refractivity contribution is 0.112. The molecule has 1 aromatic heterocycles. The van der Waals surface area contributed by atoms with E-state index < -0.39 is 0 Å². The second-order valence-corrected chi connectivity index (χ2v) is 2.79. The summed E-state index contributed by atoms with van der Waals surface area (Å²) in [6.07, 6.45) is 1.93. The number of nitrogens with zero attached hydrogens (tertiary/aromatic N) is 1. The molecular weight excluding hydrogens is 182 g/mol. The second-order valence-electron chi connectivity index (χ2n) is 2.79. The van der Waals surface area contributed by atoms with Crippen LogP contribution in [0.2, 0.25) is 0 Å². The minimum Gasteiger partial charge on any atom is -0.508 e. The fourth-order valence-corrected chi connectivity index (χ4v) is 1.20. The second kappa shape index (κ2) is 3.33. The highest BCUT2D eigenvalue weighted by molar-refractivity contribution is 5.85. The highest BCUT2D eigenvalue weighted by Gasteiger charge is 2.09. The topological polar surface area (TPSA) is 63.3 Å². The largest absolute Gasteiger partial charge is 0.508 e. The zero-order chi connectivity index (χ0) is 9.97. The van der Waals surface area contributed by atoms with E-state index in [-0.39, 0.29) is 5.75 Å². The minimum absolute atomic E-state index is 0.127. The first-order chi connectivity index (χ1) is 6.81. The molecule has 0 atom stereocenters. The number of phenols is 1. The van der Waals surface area contributed by atoms with Gasteiger partial charge >= 0.3 is 0 Å². The van der Waals surface area contributed by atoms with Crippen molar-refractivity contribution in [2.24, 2.45) is 0 Å². The van der Waals surface area contributed by atoms with Gasteiger partial charge in [0.2, 0.25) is 0 Å². The quantitative estimate of drug-likeness (QED) is 0.732. The van der Waals surface area contributed by atoms with Crippen LogP contribution in [0.4, 0.5) is 0 Å². The lowest BCUT2D eigenvalue weighted by atomic mass is 10.1. The third-order valence-electron chi connectivity index (χ3n) is 1.84. The Morgan fingerprint density at radius 3 is 3.00 bits per heavy atom. The molecular formula is C10H7NO3. The summed E-state index contributed by atoms with van der Waals surface area (Å²) in [4.78, 5) is 10.6. The standard InChI is InChI=1S/C10H7NO3/c12-5-8-6-14-11-10(8)7-2-1-3-9(13)4-7/h1-6,13H. The normalized spacial score (nSPS) is 10.0. The van der Waals surface area contributed by atoms with E-state index in [1.54, 1.807) is 18.2 Å². The van der Waals surface area contributed by atoms with E-state index in [9.17, 15) is 9.90 Å². The number of phenolic OH excluding ortho intramolecular Hbond substituents is 1. The molecule has 4 heteroatoms. The molecule has 0 radical (unpaired) electrons. The van der Waals surface area contributed by atoms with E-state index in [0.29, 0.717) is 23.1 Å². The first-order valence-corrected chi connectivity index (χ1v) is 4.00.